The fourth-order valence-electron chi connectivity index (χ4n) is 2.65. The molecule has 1 saturated heterocycles. The van der Waals surface area contributed by atoms with Crippen LogP contribution in [0.15, 0.2) is 12.1 Å². The molecule has 1 heterocycles. The summed E-state index contributed by atoms with van der Waals surface area (Å²) in [5.41, 5.74) is 0.738. The predicted molar refractivity (Wildman–Crippen MR) is 87.4 cm³/mol. The quantitative estimate of drug-likeness (QED) is 0.815. The van der Waals surface area contributed by atoms with Crippen LogP contribution in [-0.2, 0) is 10.2 Å². The highest BCUT2D eigenvalue weighted by atomic mass is 32.2. The molecule has 0 spiro atoms. The van der Waals surface area contributed by atoms with Gasteiger partial charge in [0.05, 0.1) is 21.3 Å². The van der Waals surface area contributed by atoms with E-state index in [1.807, 2.05) is 0 Å². The van der Waals surface area contributed by atoms with E-state index in [0.29, 0.717) is 30.3 Å². The van der Waals surface area contributed by atoms with Gasteiger partial charge in [-0.1, -0.05) is 0 Å². The molecule has 0 radical (unpaired) electrons. The Morgan fingerprint density at radius 1 is 1.04 bits per heavy atom. The fourth-order valence-corrected chi connectivity index (χ4v) is 4.12. The maximum atomic E-state index is 12.4. The summed E-state index contributed by atoms with van der Waals surface area (Å²) in [7, 11) is 1.09. The maximum absolute atomic E-state index is 12.4. The molecule has 23 heavy (non-hydrogen) atoms. The molecule has 7 nitrogen and oxygen atoms in total. The molecule has 0 amide bonds. The van der Waals surface area contributed by atoms with Crippen molar-refractivity contribution in [1.29, 1.82) is 0 Å². The minimum atomic E-state index is -3.49. The zero-order valence-electron chi connectivity index (χ0n) is 14.0. The zero-order chi connectivity index (χ0) is 17.0. The van der Waals surface area contributed by atoms with E-state index in [0.717, 1.165) is 18.4 Å². The van der Waals surface area contributed by atoms with Gasteiger partial charge in [-0.05, 0) is 37.5 Å². The van der Waals surface area contributed by atoms with E-state index in [1.54, 1.807) is 19.1 Å². The van der Waals surface area contributed by atoms with Crippen LogP contribution in [0.25, 0.3) is 0 Å². The van der Waals surface area contributed by atoms with Crippen molar-refractivity contribution in [2.45, 2.75) is 25.8 Å². The highest BCUT2D eigenvalue weighted by Crippen LogP contribution is 2.39. The smallest absolute Gasteiger partial charge is 0.279 e. The standard InChI is InChI=1S/C15H24N2O5S/c1-11(16-23(18,19)17-7-5-6-8-17)12-9-13(20-2)15(22-4)14(10-12)21-3/h9-11,16H,5-8H2,1-4H3/t11-/m1/s1. The summed E-state index contributed by atoms with van der Waals surface area (Å²) in [6.45, 7) is 2.92. The second kappa shape index (κ2) is 7.37. The first-order valence-corrected chi connectivity index (χ1v) is 8.94. The first-order valence-electron chi connectivity index (χ1n) is 7.50. The molecule has 8 heteroatoms. The number of nitrogens with one attached hydrogen (secondary N) is 1. The first-order chi connectivity index (χ1) is 10.9. The van der Waals surface area contributed by atoms with Gasteiger partial charge in [0.25, 0.3) is 10.2 Å². The van der Waals surface area contributed by atoms with E-state index < -0.39 is 16.3 Å². The van der Waals surface area contributed by atoms with Crippen LogP contribution in [0.1, 0.15) is 31.4 Å². The minimum absolute atomic E-state index is 0.422. The molecule has 2 rings (SSSR count). The number of hydrogen-bond donors (Lipinski definition) is 1. The van der Waals surface area contributed by atoms with Crippen molar-refractivity contribution in [3.8, 4) is 17.2 Å². The Balaban J connectivity index is 2.26. The number of ether oxygens (including phenoxy) is 3. The van der Waals surface area contributed by atoms with Gasteiger partial charge in [0.1, 0.15) is 0 Å². The number of hydrogen-bond acceptors (Lipinski definition) is 5. The lowest BCUT2D eigenvalue weighted by Crippen LogP contribution is -2.40. The van der Waals surface area contributed by atoms with Gasteiger partial charge in [0.2, 0.25) is 5.75 Å². The van der Waals surface area contributed by atoms with Crippen LogP contribution in [0.3, 0.4) is 0 Å². The van der Waals surface area contributed by atoms with Crippen molar-refractivity contribution in [3.05, 3.63) is 17.7 Å². The molecule has 0 bridgehead atoms. The van der Waals surface area contributed by atoms with Crippen molar-refractivity contribution in [3.63, 3.8) is 0 Å². The van der Waals surface area contributed by atoms with Crippen LogP contribution in [0, 0.1) is 0 Å². The lowest BCUT2D eigenvalue weighted by molar-refractivity contribution is 0.323. The highest BCUT2D eigenvalue weighted by molar-refractivity contribution is 7.87. The molecule has 1 aliphatic heterocycles. The summed E-state index contributed by atoms with van der Waals surface area (Å²) < 4.78 is 44.8. The second-order valence-electron chi connectivity index (χ2n) is 5.41. The van der Waals surface area contributed by atoms with Gasteiger partial charge in [-0.15, -0.1) is 0 Å². The van der Waals surface area contributed by atoms with Gasteiger partial charge >= 0.3 is 0 Å². The number of methoxy groups -OCH3 is 3. The van der Waals surface area contributed by atoms with Crippen LogP contribution in [0.2, 0.25) is 0 Å². The molecule has 0 aliphatic carbocycles. The van der Waals surface area contributed by atoms with E-state index >= 15 is 0 Å². The minimum Gasteiger partial charge on any atom is -0.493 e. The van der Waals surface area contributed by atoms with Gasteiger partial charge < -0.3 is 14.2 Å². The summed E-state index contributed by atoms with van der Waals surface area (Å²) >= 11 is 0. The van der Waals surface area contributed by atoms with Crippen LogP contribution in [-0.4, -0.2) is 47.1 Å². The van der Waals surface area contributed by atoms with E-state index in [1.165, 1.54) is 25.6 Å². The molecule has 0 aromatic heterocycles. The molecule has 1 atom stereocenters. The number of rotatable bonds is 7. The molecule has 0 saturated carbocycles. The van der Waals surface area contributed by atoms with Gasteiger partial charge in [-0.3, -0.25) is 0 Å². The highest BCUT2D eigenvalue weighted by Gasteiger charge is 2.27. The van der Waals surface area contributed by atoms with Crippen LogP contribution >= 0.6 is 0 Å². The van der Waals surface area contributed by atoms with E-state index in [-0.39, 0.29) is 0 Å². The second-order valence-corrected chi connectivity index (χ2v) is 7.11. The molecule has 1 aliphatic rings. The summed E-state index contributed by atoms with van der Waals surface area (Å²) in [6.07, 6.45) is 1.80. The fraction of sp³-hybridized carbons (Fsp3) is 0.600. The van der Waals surface area contributed by atoms with E-state index in [9.17, 15) is 8.42 Å². The van der Waals surface area contributed by atoms with Crippen molar-refractivity contribution < 1.29 is 22.6 Å². The topological polar surface area (TPSA) is 77.1 Å². The van der Waals surface area contributed by atoms with Crippen molar-refractivity contribution in [1.82, 2.24) is 9.03 Å². The monoisotopic (exact) mass is 344 g/mol. The largest absolute Gasteiger partial charge is 0.493 e. The molecule has 130 valence electrons. The average Bonchev–Trinajstić information content (AvgIpc) is 3.08. The van der Waals surface area contributed by atoms with E-state index in [4.69, 9.17) is 14.2 Å². The molecular formula is C15H24N2O5S. The summed E-state index contributed by atoms with van der Waals surface area (Å²) in [6, 6.07) is 3.08. The SMILES string of the molecule is COc1cc([C@@H](C)NS(=O)(=O)N2CCCC2)cc(OC)c1OC. The third kappa shape index (κ3) is 3.88. The third-order valence-electron chi connectivity index (χ3n) is 3.92. The Morgan fingerprint density at radius 2 is 1.57 bits per heavy atom. The Bertz CT molecular complexity index is 616. The molecule has 1 N–H and O–H groups in total. The Kier molecular flexibility index (Phi) is 5.72. The Morgan fingerprint density at radius 3 is 2.00 bits per heavy atom. The number of nitrogens with zero attached hydrogens (tertiary/aromatic N) is 1. The van der Waals surface area contributed by atoms with Gasteiger partial charge in [0.15, 0.2) is 11.5 Å². The van der Waals surface area contributed by atoms with Crippen molar-refractivity contribution in [2.24, 2.45) is 0 Å². The lowest BCUT2D eigenvalue weighted by Gasteiger charge is -2.22. The molecule has 1 fully saturated rings. The molecular weight excluding hydrogens is 320 g/mol. The maximum Gasteiger partial charge on any atom is 0.279 e. The number of benzene rings is 1. The van der Waals surface area contributed by atoms with Crippen molar-refractivity contribution in [2.75, 3.05) is 34.4 Å². The lowest BCUT2D eigenvalue weighted by atomic mass is 10.1. The molecule has 1 aromatic carbocycles. The normalized spacial score (nSPS) is 17.0. The van der Waals surface area contributed by atoms with Gasteiger partial charge in [-0.25, -0.2) is 0 Å². The van der Waals surface area contributed by atoms with Crippen LogP contribution < -0.4 is 18.9 Å². The molecule has 1 aromatic rings. The first kappa shape index (κ1) is 17.8. The summed E-state index contributed by atoms with van der Waals surface area (Å²) in [5.74, 6) is 1.47. The Labute approximate surface area is 137 Å². The summed E-state index contributed by atoms with van der Waals surface area (Å²) in [4.78, 5) is 0. The molecule has 0 unspecified atom stereocenters. The Hall–Kier alpha value is -1.51. The van der Waals surface area contributed by atoms with E-state index in [2.05, 4.69) is 4.72 Å². The van der Waals surface area contributed by atoms with Crippen LogP contribution in [0.5, 0.6) is 17.2 Å². The van der Waals surface area contributed by atoms with Gasteiger partial charge in [-0.2, -0.15) is 17.4 Å². The van der Waals surface area contributed by atoms with Crippen molar-refractivity contribution >= 4 is 10.2 Å². The average molecular weight is 344 g/mol. The van der Waals surface area contributed by atoms with Gasteiger partial charge in [0, 0.05) is 19.1 Å². The third-order valence-corrected chi connectivity index (χ3v) is 5.61. The zero-order valence-corrected chi connectivity index (χ0v) is 14.8. The van der Waals surface area contributed by atoms with Crippen LogP contribution in [0.4, 0.5) is 0 Å². The summed E-state index contributed by atoms with van der Waals surface area (Å²) in [5, 5.41) is 0. The predicted octanol–water partition coefficient (Wildman–Crippen LogP) is 1.70.